The van der Waals surface area contributed by atoms with Crippen molar-refractivity contribution in [3.8, 4) is 0 Å². The average Bonchev–Trinajstić information content (AvgIpc) is 3.21. The number of hydrogen-bond acceptors (Lipinski definition) is 2. The molecule has 0 bridgehead atoms. The molecule has 1 heterocycles. The van der Waals surface area contributed by atoms with Gasteiger partial charge in [0.15, 0.2) is 0 Å². The number of halogens is 2. The van der Waals surface area contributed by atoms with Gasteiger partial charge in [0.1, 0.15) is 0 Å². The lowest BCUT2D eigenvalue weighted by molar-refractivity contribution is 0.218. The Labute approximate surface area is 192 Å². The lowest BCUT2D eigenvalue weighted by Crippen LogP contribution is -2.30. The molecule has 3 aromatic carbocycles. The van der Waals surface area contributed by atoms with Gasteiger partial charge in [0.2, 0.25) is 0 Å². The number of rotatable bonds is 4. The lowest BCUT2D eigenvalue weighted by atomic mass is 9.91. The molecule has 0 aromatic heterocycles. The summed E-state index contributed by atoms with van der Waals surface area (Å²) in [5, 5.41) is 10.4. The fraction of sp³-hybridized carbons (Fsp3) is 0.200. The van der Waals surface area contributed by atoms with Gasteiger partial charge in [0.05, 0.1) is 12.3 Å². The first-order valence-corrected chi connectivity index (χ1v) is 10.9. The molecule has 31 heavy (non-hydrogen) atoms. The molecule has 1 aliphatic rings. The Hall–Kier alpha value is -2.82. The van der Waals surface area contributed by atoms with Crippen molar-refractivity contribution in [3.05, 3.63) is 99.5 Å². The van der Waals surface area contributed by atoms with Gasteiger partial charge in [-0.1, -0.05) is 73.4 Å². The van der Waals surface area contributed by atoms with Gasteiger partial charge in [-0.25, -0.2) is 9.80 Å². The van der Waals surface area contributed by atoms with E-state index < -0.39 is 0 Å². The van der Waals surface area contributed by atoms with Gasteiger partial charge in [-0.2, -0.15) is 5.10 Å². The first-order chi connectivity index (χ1) is 14.9. The minimum atomic E-state index is -0.264. The second-order valence-electron chi connectivity index (χ2n) is 7.89. The van der Waals surface area contributed by atoms with Crippen molar-refractivity contribution in [2.75, 3.05) is 11.9 Å². The van der Waals surface area contributed by atoms with Crippen LogP contribution in [0.25, 0.3) is 0 Å². The van der Waals surface area contributed by atoms with Crippen molar-refractivity contribution in [2.45, 2.75) is 25.7 Å². The summed E-state index contributed by atoms with van der Waals surface area (Å²) in [6.07, 6.45) is 0. The first kappa shape index (κ1) is 21.4. The lowest BCUT2D eigenvalue weighted by Gasteiger charge is -2.16. The Morgan fingerprint density at radius 2 is 1.52 bits per heavy atom. The molecule has 3 aromatic rings. The van der Waals surface area contributed by atoms with Crippen molar-refractivity contribution in [3.63, 3.8) is 0 Å². The topological polar surface area (TPSA) is 44.7 Å². The van der Waals surface area contributed by atoms with Crippen molar-refractivity contribution >= 4 is 40.6 Å². The van der Waals surface area contributed by atoms with Crippen LogP contribution in [0.4, 0.5) is 10.5 Å². The van der Waals surface area contributed by atoms with E-state index >= 15 is 0 Å². The molecule has 0 saturated heterocycles. The molecule has 1 atom stereocenters. The van der Waals surface area contributed by atoms with Gasteiger partial charge in [0, 0.05) is 21.7 Å². The van der Waals surface area contributed by atoms with E-state index in [0.29, 0.717) is 22.5 Å². The molecule has 6 heteroatoms. The molecule has 0 fully saturated rings. The van der Waals surface area contributed by atoms with E-state index in [9.17, 15) is 4.79 Å². The fourth-order valence-corrected chi connectivity index (χ4v) is 3.86. The molecule has 1 N–H and O–H groups in total. The Balaban J connectivity index is 1.59. The summed E-state index contributed by atoms with van der Waals surface area (Å²) < 4.78 is 0. The maximum absolute atomic E-state index is 13.0. The molecule has 0 radical (unpaired) electrons. The van der Waals surface area contributed by atoms with E-state index in [0.717, 1.165) is 22.5 Å². The predicted molar refractivity (Wildman–Crippen MR) is 128 cm³/mol. The van der Waals surface area contributed by atoms with E-state index in [1.807, 2.05) is 72.8 Å². The van der Waals surface area contributed by atoms with Crippen molar-refractivity contribution in [2.24, 2.45) is 5.10 Å². The number of hydrazone groups is 1. The van der Waals surface area contributed by atoms with E-state index in [2.05, 4.69) is 24.3 Å². The summed E-state index contributed by atoms with van der Waals surface area (Å²) in [6.45, 7) is 4.72. The van der Waals surface area contributed by atoms with Crippen molar-refractivity contribution in [1.82, 2.24) is 5.01 Å². The molecule has 1 unspecified atom stereocenters. The zero-order chi connectivity index (χ0) is 22.0. The number of anilines is 1. The summed E-state index contributed by atoms with van der Waals surface area (Å²) >= 11 is 12.1. The standard InChI is InChI=1S/C25H23Cl2N3O/c1-16(2)17-7-13-22(14-8-17)28-25(31)30-15-23(18-3-9-20(26)10-4-18)24(29-30)19-5-11-21(27)12-6-19/h3-14,16,23H,15H2,1-2H3,(H,28,31). The van der Waals surface area contributed by atoms with Crippen LogP contribution >= 0.6 is 23.2 Å². The number of urea groups is 1. The second-order valence-corrected chi connectivity index (χ2v) is 8.76. The highest BCUT2D eigenvalue weighted by Crippen LogP contribution is 2.30. The first-order valence-electron chi connectivity index (χ1n) is 10.2. The minimum absolute atomic E-state index is 0.0625. The molecular formula is C25H23Cl2N3O. The molecule has 4 nitrogen and oxygen atoms in total. The molecule has 0 aliphatic carbocycles. The summed E-state index contributed by atoms with van der Waals surface area (Å²) in [6, 6.07) is 22.8. The van der Waals surface area contributed by atoms with E-state index in [1.54, 1.807) is 0 Å². The largest absolute Gasteiger partial charge is 0.342 e. The van der Waals surface area contributed by atoms with Gasteiger partial charge in [-0.05, 0) is 59.0 Å². The number of carbonyl (C=O) groups excluding carboxylic acids is 1. The third-order valence-electron chi connectivity index (χ3n) is 5.39. The minimum Gasteiger partial charge on any atom is -0.306 e. The predicted octanol–water partition coefficient (Wildman–Crippen LogP) is 7.15. The SMILES string of the molecule is CC(C)c1ccc(NC(=O)N2CC(c3ccc(Cl)cc3)C(c3ccc(Cl)cc3)=N2)cc1. The molecular weight excluding hydrogens is 429 g/mol. The molecule has 4 rings (SSSR count). The molecule has 2 amide bonds. The maximum Gasteiger partial charge on any atom is 0.342 e. The van der Waals surface area contributed by atoms with Crippen LogP contribution in [0.15, 0.2) is 77.9 Å². The van der Waals surface area contributed by atoms with Gasteiger partial charge in [-0.15, -0.1) is 0 Å². The summed E-state index contributed by atoms with van der Waals surface area (Å²) in [7, 11) is 0. The highest BCUT2D eigenvalue weighted by Gasteiger charge is 2.32. The summed E-state index contributed by atoms with van der Waals surface area (Å²) in [5.74, 6) is 0.377. The Morgan fingerprint density at radius 3 is 2.10 bits per heavy atom. The third kappa shape index (κ3) is 4.92. The van der Waals surface area contributed by atoms with Crippen LogP contribution in [0.5, 0.6) is 0 Å². The quantitative estimate of drug-likeness (QED) is 0.449. The monoisotopic (exact) mass is 451 g/mol. The summed E-state index contributed by atoms with van der Waals surface area (Å²) in [5.41, 5.74) is 4.78. The van der Waals surface area contributed by atoms with E-state index in [-0.39, 0.29) is 11.9 Å². The van der Waals surface area contributed by atoms with Crippen LogP contribution in [0, 0.1) is 0 Å². The van der Waals surface area contributed by atoms with Crippen molar-refractivity contribution < 1.29 is 4.79 Å². The van der Waals surface area contributed by atoms with Crippen LogP contribution in [0.2, 0.25) is 10.0 Å². The summed E-state index contributed by atoms with van der Waals surface area (Å²) in [4.78, 5) is 13.0. The number of hydrogen-bond donors (Lipinski definition) is 1. The van der Waals surface area contributed by atoms with E-state index in [1.165, 1.54) is 10.6 Å². The van der Waals surface area contributed by atoms with E-state index in [4.69, 9.17) is 23.2 Å². The Kier molecular flexibility index (Phi) is 6.30. The number of nitrogens with one attached hydrogen (secondary N) is 1. The van der Waals surface area contributed by atoms with Crippen LogP contribution in [0.3, 0.4) is 0 Å². The maximum atomic E-state index is 13.0. The second kappa shape index (κ2) is 9.13. The number of carbonyl (C=O) groups is 1. The molecule has 0 saturated carbocycles. The highest BCUT2D eigenvalue weighted by molar-refractivity contribution is 6.31. The number of nitrogens with zero attached hydrogens (tertiary/aromatic N) is 2. The Bertz CT molecular complexity index is 1090. The molecule has 1 aliphatic heterocycles. The number of benzene rings is 3. The average molecular weight is 452 g/mol. The zero-order valence-corrected chi connectivity index (χ0v) is 18.9. The van der Waals surface area contributed by atoms with Crippen LogP contribution in [0.1, 0.15) is 42.4 Å². The fourth-order valence-electron chi connectivity index (χ4n) is 3.61. The van der Waals surface area contributed by atoms with Gasteiger partial charge < -0.3 is 5.32 Å². The Morgan fingerprint density at radius 1 is 0.935 bits per heavy atom. The number of amides is 2. The highest BCUT2D eigenvalue weighted by atomic mass is 35.5. The van der Waals surface area contributed by atoms with Crippen LogP contribution < -0.4 is 5.32 Å². The van der Waals surface area contributed by atoms with Crippen molar-refractivity contribution in [1.29, 1.82) is 0 Å². The van der Waals surface area contributed by atoms with Crippen LogP contribution in [-0.2, 0) is 0 Å². The third-order valence-corrected chi connectivity index (χ3v) is 5.89. The van der Waals surface area contributed by atoms with Gasteiger partial charge >= 0.3 is 6.03 Å². The molecule has 0 spiro atoms. The van der Waals surface area contributed by atoms with Gasteiger partial charge in [-0.3, -0.25) is 0 Å². The smallest absolute Gasteiger partial charge is 0.306 e. The van der Waals surface area contributed by atoms with Gasteiger partial charge in [0.25, 0.3) is 0 Å². The molecule has 158 valence electrons. The normalized spacial score (nSPS) is 15.8. The van der Waals surface area contributed by atoms with Crippen LogP contribution in [-0.4, -0.2) is 23.3 Å². The zero-order valence-electron chi connectivity index (χ0n) is 17.3.